The molecule has 0 nitrogen and oxygen atoms in total. The Labute approximate surface area is 140 Å². The average Bonchev–Trinajstić information content (AvgIpc) is 2.47. The summed E-state index contributed by atoms with van der Waals surface area (Å²) in [6.07, 6.45) is 6.40. The van der Waals surface area contributed by atoms with E-state index in [4.69, 9.17) is 11.6 Å². The number of alkyl halides is 1. The quantitative estimate of drug-likeness (QED) is 0.422. The minimum absolute atomic E-state index is 0.0461. The first-order valence-electron chi connectivity index (χ1n) is 8.09. The lowest BCUT2D eigenvalue weighted by Crippen LogP contribution is -2.36. The molecule has 1 aliphatic rings. The number of rotatable bonds is 3. The number of hydrogen-bond donors (Lipinski definition) is 0. The van der Waals surface area contributed by atoms with E-state index < -0.39 is 0 Å². The molecule has 1 unspecified atom stereocenters. The first-order chi connectivity index (χ1) is 10.3. The van der Waals surface area contributed by atoms with E-state index in [1.165, 1.54) is 22.3 Å². The van der Waals surface area contributed by atoms with Gasteiger partial charge in [0.05, 0.1) is 4.87 Å². The van der Waals surface area contributed by atoms with Crippen LogP contribution in [0.3, 0.4) is 0 Å². The van der Waals surface area contributed by atoms with Gasteiger partial charge in [-0.15, -0.1) is 11.6 Å². The highest BCUT2D eigenvalue weighted by molar-refractivity contribution is 6.26. The molecule has 0 N–H and O–H groups in total. The van der Waals surface area contributed by atoms with Gasteiger partial charge in [-0.05, 0) is 49.0 Å². The van der Waals surface area contributed by atoms with Crippen LogP contribution >= 0.6 is 11.6 Å². The van der Waals surface area contributed by atoms with E-state index in [9.17, 15) is 0 Å². The summed E-state index contributed by atoms with van der Waals surface area (Å²) in [6.45, 7) is 14.9. The lowest BCUT2D eigenvalue weighted by molar-refractivity contribution is 0.471. The number of hydrogen-bond acceptors (Lipinski definition) is 0. The summed E-state index contributed by atoms with van der Waals surface area (Å²) in [5.41, 5.74) is 6.25. The van der Waals surface area contributed by atoms with Gasteiger partial charge in [0, 0.05) is 5.41 Å². The molecule has 118 valence electrons. The van der Waals surface area contributed by atoms with Gasteiger partial charge < -0.3 is 0 Å². The van der Waals surface area contributed by atoms with Gasteiger partial charge >= 0.3 is 0 Å². The first-order valence-corrected chi connectivity index (χ1v) is 8.47. The third-order valence-electron chi connectivity index (χ3n) is 5.00. The highest BCUT2D eigenvalue weighted by Gasteiger charge is 2.43. The van der Waals surface area contributed by atoms with Crippen molar-refractivity contribution in [2.24, 2.45) is 5.41 Å². The molecular weight excluding hydrogens is 288 g/mol. The number of benzene rings is 1. The van der Waals surface area contributed by atoms with Gasteiger partial charge in [-0.2, -0.15) is 0 Å². The number of halogens is 1. The smallest absolute Gasteiger partial charge is 0.0695 e. The Hall–Kier alpha value is -1.27. The van der Waals surface area contributed by atoms with E-state index in [-0.39, 0.29) is 10.3 Å². The summed E-state index contributed by atoms with van der Waals surface area (Å²) in [5, 5.41) is 0. The van der Waals surface area contributed by atoms with Crippen LogP contribution < -0.4 is 0 Å². The van der Waals surface area contributed by atoms with Crippen LogP contribution in [0.4, 0.5) is 0 Å². The standard InChI is InChI=1S/C21H27Cl/c1-7-19-20(5,6)18(13-14-21(19,22)8-2)17-11-9-16(10-12-17)15(3)4/h7,9-13H,3,8,14H2,1-2,4-6H3/b19-7-. The zero-order valence-corrected chi connectivity index (χ0v) is 15.2. The monoisotopic (exact) mass is 314 g/mol. The molecule has 1 heteroatoms. The van der Waals surface area contributed by atoms with Crippen molar-refractivity contribution < 1.29 is 0 Å². The van der Waals surface area contributed by atoms with Crippen molar-refractivity contribution in [1.82, 2.24) is 0 Å². The zero-order valence-electron chi connectivity index (χ0n) is 14.5. The zero-order chi connectivity index (χ0) is 16.5. The topological polar surface area (TPSA) is 0 Å². The Morgan fingerprint density at radius 3 is 2.32 bits per heavy atom. The van der Waals surface area contributed by atoms with Crippen LogP contribution in [0.15, 0.2) is 48.6 Å². The molecule has 1 aliphatic carbocycles. The molecule has 0 bridgehead atoms. The van der Waals surface area contributed by atoms with E-state index in [0.717, 1.165) is 18.4 Å². The fourth-order valence-electron chi connectivity index (χ4n) is 3.70. The van der Waals surface area contributed by atoms with Crippen molar-refractivity contribution in [2.45, 2.75) is 52.3 Å². The average molecular weight is 315 g/mol. The summed E-state index contributed by atoms with van der Waals surface area (Å²) >= 11 is 6.91. The molecule has 22 heavy (non-hydrogen) atoms. The Bertz CT molecular complexity index is 628. The fraction of sp³-hybridized carbons (Fsp3) is 0.429. The maximum Gasteiger partial charge on any atom is 0.0695 e. The SMILES string of the molecule is C=C(C)c1ccc(C2=CCC(Cl)(CC)/C(=C\C)C2(C)C)cc1. The molecular formula is C21H27Cl. The molecule has 0 fully saturated rings. The fourth-order valence-corrected chi connectivity index (χ4v) is 4.12. The summed E-state index contributed by atoms with van der Waals surface area (Å²) < 4.78 is 0. The van der Waals surface area contributed by atoms with Crippen molar-refractivity contribution in [1.29, 1.82) is 0 Å². The molecule has 0 radical (unpaired) electrons. The molecule has 0 saturated carbocycles. The van der Waals surface area contributed by atoms with E-state index in [0.29, 0.717) is 0 Å². The van der Waals surface area contributed by atoms with Crippen LogP contribution in [0.25, 0.3) is 11.1 Å². The van der Waals surface area contributed by atoms with Gasteiger partial charge in [-0.1, -0.05) is 69.3 Å². The molecule has 1 atom stereocenters. The Morgan fingerprint density at radius 2 is 1.86 bits per heavy atom. The minimum atomic E-state index is -0.237. The maximum atomic E-state index is 6.91. The van der Waals surface area contributed by atoms with Crippen molar-refractivity contribution in [2.75, 3.05) is 0 Å². The highest BCUT2D eigenvalue weighted by Crippen LogP contribution is 2.53. The summed E-state index contributed by atoms with van der Waals surface area (Å²) in [4.78, 5) is -0.237. The van der Waals surface area contributed by atoms with Crippen LogP contribution in [0, 0.1) is 5.41 Å². The second-order valence-corrected chi connectivity index (χ2v) is 7.55. The highest BCUT2D eigenvalue weighted by atomic mass is 35.5. The molecule has 0 heterocycles. The third kappa shape index (κ3) is 2.82. The number of allylic oxidation sites excluding steroid dienone is 5. The lowest BCUT2D eigenvalue weighted by Gasteiger charge is -2.44. The summed E-state index contributed by atoms with van der Waals surface area (Å²) in [6, 6.07) is 8.73. The second-order valence-electron chi connectivity index (χ2n) is 6.83. The van der Waals surface area contributed by atoms with Crippen LogP contribution in [-0.4, -0.2) is 4.87 Å². The predicted molar refractivity (Wildman–Crippen MR) is 100 cm³/mol. The summed E-state index contributed by atoms with van der Waals surface area (Å²) in [7, 11) is 0. The molecule has 0 aromatic heterocycles. The van der Waals surface area contributed by atoms with Crippen LogP contribution in [0.1, 0.15) is 58.6 Å². The molecule has 1 aromatic carbocycles. The van der Waals surface area contributed by atoms with Gasteiger partial charge in [0.2, 0.25) is 0 Å². The van der Waals surface area contributed by atoms with Gasteiger partial charge in [0.1, 0.15) is 0 Å². The van der Waals surface area contributed by atoms with Crippen molar-refractivity contribution >= 4 is 22.7 Å². The summed E-state index contributed by atoms with van der Waals surface area (Å²) in [5.74, 6) is 0. The van der Waals surface area contributed by atoms with Gasteiger partial charge in [-0.3, -0.25) is 0 Å². The normalized spacial score (nSPS) is 25.9. The van der Waals surface area contributed by atoms with E-state index >= 15 is 0 Å². The van der Waals surface area contributed by atoms with Crippen molar-refractivity contribution in [3.8, 4) is 0 Å². The molecule has 0 amide bonds. The molecule has 0 saturated heterocycles. The van der Waals surface area contributed by atoms with Crippen molar-refractivity contribution in [3.05, 3.63) is 59.7 Å². The minimum Gasteiger partial charge on any atom is -0.114 e. The maximum absolute atomic E-state index is 6.91. The van der Waals surface area contributed by atoms with Crippen LogP contribution in [-0.2, 0) is 0 Å². The third-order valence-corrected chi connectivity index (χ3v) is 5.62. The second kappa shape index (κ2) is 6.08. The van der Waals surface area contributed by atoms with E-state index in [2.05, 4.69) is 70.7 Å². The largest absolute Gasteiger partial charge is 0.114 e. The lowest BCUT2D eigenvalue weighted by atomic mass is 9.64. The Morgan fingerprint density at radius 1 is 1.27 bits per heavy atom. The van der Waals surface area contributed by atoms with Crippen molar-refractivity contribution in [3.63, 3.8) is 0 Å². The Kier molecular flexibility index (Phi) is 4.73. The van der Waals surface area contributed by atoms with Gasteiger partial charge in [-0.25, -0.2) is 0 Å². The predicted octanol–water partition coefficient (Wildman–Crippen LogP) is 6.87. The molecule has 2 rings (SSSR count). The van der Waals surface area contributed by atoms with E-state index in [1.54, 1.807) is 0 Å². The first kappa shape index (κ1) is 17.1. The van der Waals surface area contributed by atoms with Gasteiger partial charge in [0.25, 0.3) is 0 Å². The molecule has 0 aliphatic heterocycles. The van der Waals surface area contributed by atoms with Crippen LogP contribution in [0.5, 0.6) is 0 Å². The van der Waals surface area contributed by atoms with Gasteiger partial charge in [0.15, 0.2) is 0 Å². The Balaban J connectivity index is 2.49. The van der Waals surface area contributed by atoms with E-state index in [1.807, 2.05) is 6.92 Å². The molecule has 1 aromatic rings. The molecule has 0 spiro atoms. The van der Waals surface area contributed by atoms with Crippen LogP contribution in [0.2, 0.25) is 0 Å².